The van der Waals surface area contributed by atoms with Crippen molar-refractivity contribution in [3.8, 4) is 40.2 Å². The summed E-state index contributed by atoms with van der Waals surface area (Å²) in [7, 11) is 5.85. The Morgan fingerprint density at radius 2 is 1.15 bits per heavy atom. The average Bonchev–Trinajstić information content (AvgIpc) is 3.75. The second kappa shape index (κ2) is 17.5. The highest BCUT2D eigenvalue weighted by molar-refractivity contribution is 5.73. The van der Waals surface area contributed by atoms with E-state index in [0.717, 1.165) is 11.1 Å². The number of benzene rings is 3. The van der Waals surface area contributed by atoms with Crippen LogP contribution >= 0.6 is 0 Å². The van der Waals surface area contributed by atoms with Crippen LogP contribution in [0.3, 0.4) is 0 Å². The van der Waals surface area contributed by atoms with Crippen molar-refractivity contribution in [2.45, 2.75) is 52.1 Å². The summed E-state index contributed by atoms with van der Waals surface area (Å²) in [5.41, 5.74) is 2.02. The molecule has 5 rings (SSSR count). The van der Waals surface area contributed by atoms with Crippen LogP contribution < -0.4 is 33.2 Å². The van der Waals surface area contributed by atoms with Gasteiger partial charge in [-0.1, -0.05) is 12.1 Å². The molecule has 0 N–H and O–H groups in total. The predicted molar refractivity (Wildman–Crippen MR) is 188 cm³/mol. The molecule has 2 saturated heterocycles. The summed E-state index contributed by atoms with van der Waals surface area (Å²) in [6.45, 7) is 5.58. The van der Waals surface area contributed by atoms with Gasteiger partial charge in [0.05, 0.1) is 53.9 Å². The molecule has 0 radical (unpaired) electrons. The molecule has 2 fully saturated rings. The van der Waals surface area contributed by atoms with E-state index < -0.39 is 36.1 Å². The molecule has 0 spiro atoms. The van der Waals surface area contributed by atoms with Gasteiger partial charge in [-0.2, -0.15) is 0 Å². The molecule has 2 heterocycles. The fourth-order valence-electron chi connectivity index (χ4n) is 6.69. The van der Waals surface area contributed by atoms with E-state index in [2.05, 4.69) is 0 Å². The van der Waals surface area contributed by atoms with Gasteiger partial charge in [0.15, 0.2) is 46.7 Å². The molecule has 54 heavy (non-hydrogen) atoms. The number of methoxy groups -OCH3 is 4. The maximum Gasteiger partial charge on any atom is 0.308 e. The van der Waals surface area contributed by atoms with Gasteiger partial charge in [-0.15, -0.1) is 0 Å². The zero-order valence-electron chi connectivity index (χ0n) is 31.3. The van der Waals surface area contributed by atoms with Gasteiger partial charge in [-0.3, -0.25) is 19.2 Å². The summed E-state index contributed by atoms with van der Waals surface area (Å²) in [5, 5.41) is 0. The largest absolute Gasteiger partial charge is 0.493 e. The zero-order valence-corrected chi connectivity index (χ0v) is 31.3. The number of ether oxygens (including phenoxy) is 11. The summed E-state index contributed by atoms with van der Waals surface area (Å²) in [5.74, 6) is -0.428. The Hall–Kier alpha value is -5.54. The number of rotatable bonds is 15. The first-order valence-electron chi connectivity index (χ1n) is 17.1. The molecule has 0 amide bonds. The lowest BCUT2D eigenvalue weighted by Crippen LogP contribution is -2.34. The molecule has 0 aromatic heterocycles. The molecule has 0 aliphatic carbocycles. The quantitative estimate of drug-likeness (QED) is 0.145. The Labute approximate surface area is 312 Å². The first kappa shape index (κ1) is 39.7. The number of hydrogen-bond acceptors (Lipinski definition) is 15. The molecular weight excluding hydrogens is 708 g/mol. The van der Waals surface area contributed by atoms with Crippen molar-refractivity contribution in [2.75, 3.05) is 48.3 Å². The van der Waals surface area contributed by atoms with Crippen molar-refractivity contribution in [3.05, 3.63) is 65.2 Å². The van der Waals surface area contributed by atoms with Crippen molar-refractivity contribution in [1.29, 1.82) is 0 Å². The molecular formula is C39H44O15. The molecule has 0 saturated carbocycles. The molecule has 290 valence electrons. The number of esters is 4. The molecule has 2 unspecified atom stereocenters. The van der Waals surface area contributed by atoms with Gasteiger partial charge >= 0.3 is 23.9 Å². The topological polar surface area (TPSA) is 170 Å². The normalized spacial score (nSPS) is 19.8. The number of fused-ring (bicyclic) bond motifs is 1. The van der Waals surface area contributed by atoms with Gasteiger partial charge in [0.25, 0.3) is 0 Å². The zero-order chi connectivity index (χ0) is 39.1. The van der Waals surface area contributed by atoms with Crippen molar-refractivity contribution >= 4 is 23.9 Å². The minimum absolute atomic E-state index is 0.0206. The summed E-state index contributed by atoms with van der Waals surface area (Å²) in [6, 6.07) is 13.5. The van der Waals surface area contributed by atoms with Crippen LogP contribution in [0.25, 0.3) is 0 Å². The summed E-state index contributed by atoms with van der Waals surface area (Å²) in [6.07, 6.45) is -2.85. The van der Waals surface area contributed by atoms with Crippen LogP contribution in [0.15, 0.2) is 48.5 Å². The third-order valence-electron chi connectivity index (χ3n) is 8.97. The van der Waals surface area contributed by atoms with Crippen LogP contribution in [-0.2, 0) is 38.1 Å². The maximum atomic E-state index is 12.4. The van der Waals surface area contributed by atoms with E-state index in [1.54, 1.807) is 36.4 Å². The molecule has 0 bridgehead atoms. The SMILES string of the molecule is COc1cc(C(OC(C)=O)C(COC(C)=O)Oc2ccc([C@@H]3OC[C@@H]4[C@H]3CO[C@H]4c3cc(OC)c(OC(C)=O)c(OC)c3)cc2OC)ccc1OC(C)=O. The lowest BCUT2D eigenvalue weighted by Gasteiger charge is -2.28. The summed E-state index contributed by atoms with van der Waals surface area (Å²) >= 11 is 0. The second-order valence-corrected chi connectivity index (χ2v) is 12.6. The minimum atomic E-state index is -1.10. The monoisotopic (exact) mass is 752 g/mol. The van der Waals surface area contributed by atoms with Crippen LogP contribution in [0.2, 0.25) is 0 Å². The Kier molecular flexibility index (Phi) is 12.9. The van der Waals surface area contributed by atoms with Crippen LogP contribution in [0, 0.1) is 11.8 Å². The van der Waals surface area contributed by atoms with E-state index in [-0.39, 0.29) is 53.6 Å². The highest BCUT2D eigenvalue weighted by Gasteiger charge is 2.48. The Morgan fingerprint density at radius 3 is 1.69 bits per heavy atom. The Balaban J connectivity index is 1.41. The van der Waals surface area contributed by atoms with Crippen molar-refractivity contribution in [1.82, 2.24) is 0 Å². The third kappa shape index (κ3) is 8.97. The van der Waals surface area contributed by atoms with Gasteiger partial charge < -0.3 is 52.1 Å². The average molecular weight is 753 g/mol. The minimum Gasteiger partial charge on any atom is -0.493 e. The molecule has 15 heteroatoms. The summed E-state index contributed by atoms with van der Waals surface area (Å²) in [4.78, 5) is 47.6. The Bertz CT molecular complexity index is 1830. The van der Waals surface area contributed by atoms with Gasteiger partial charge in [0, 0.05) is 45.1 Å². The van der Waals surface area contributed by atoms with Gasteiger partial charge in [0.2, 0.25) is 5.75 Å². The molecule has 3 aromatic rings. The fraction of sp³-hybridized carbons (Fsp3) is 0.436. The molecule has 6 atom stereocenters. The van der Waals surface area contributed by atoms with E-state index in [4.69, 9.17) is 52.1 Å². The molecule has 15 nitrogen and oxygen atoms in total. The first-order valence-corrected chi connectivity index (χ1v) is 17.1. The lowest BCUT2D eigenvalue weighted by atomic mass is 9.84. The van der Waals surface area contributed by atoms with Crippen LogP contribution in [0.4, 0.5) is 0 Å². The highest BCUT2D eigenvalue weighted by atomic mass is 16.6. The van der Waals surface area contributed by atoms with E-state index in [0.29, 0.717) is 36.0 Å². The Morgan fingerprint density at radius 1 is 0.611 bits per heavy atom. The van der Waals surface area contributed by atoms with Crippen molar-refractivity contribution in [3.63, 3.8) is 0 Å². The van der Waals surface area contributed by atoms with Gasteiger partial charge in [-0.25, -0.2) is 0 Å². The maximum absolute atomic E-state index is 12.4. The van der Waals surface area contributed by atoms with E-state index in [1.807, 2.05) is 6.07 Å². The standard InChI is InChI=1S/C39H44O15/c1-20(40)48-19-35(38(52-22(3)42)25-10-11-29(51-21(2)41)31(14-25)44-5)54-30-12-9-24(13-32(30)45-6)36-27-17-50-37(28(27)18-49-36)26-15-33(46-7)39(53-23(4)43)34(16-26)47-8/h9-16,27-28,35-38H,17-19H2,1-8H3/t27-,28-,35?,36+,37+,38?/m1/s1. The van der Waals surface area contributed by atoms with E-state index >= 15 is 0 Å². The lowest BCUT2D eigenvalue weighted by molar-refractivity contribution is -0.157. The van der Waals surface area contributed by atoms with E-state index in [9.17, 15) is 19.2 Å². The number of carbonyl (C=O) groups excluding carboxylic acids is 4. The smallest absolute Gasteiger partial charge is 0.308 e. The third-order valence-corrected chi connectivity index (χ3v) is 8.97. The van der Waals surface area contributed by atoms with Crippen LogP contribution in [0.5, 0.6) is 40.2 Å². The fourth-order valence-corrected chi connectivity index (χ4v) is 6.69. The highest BCUT2D eigenvalue weighted by Crippen LogP contribution is 2.53. The van der Waals surface area contributed by atoms with Crippen LogP contribution in [-0.4, -0.2) is 78.2 Å². The molecule has 2 aliphatic heterocycles. The van der Waals surface area contributed by atoms with Crippen LogP contribution in [0.1, 0.15) is 62.7 Å². The van der Waals surface area contributed by atoms with E-state index in [1.165, 1.54) is 62.2 Å². The second-order valence-electron chi connectivity index (χ2n) is 12.6. The van der Waals surface area contributed by atoms with Gasteiger partial charge in [-0.05, 0) is 47.5 Å². The van der Waals surface area contributed by atoms with Gasteiger partial charge in [0.1, 0.15) is 6.61 Å². The molecule has 3 aromatic carbocycles. The van der Waals surface area contributed by atoms with Crippen molar-refractivity contribution < 1.29 is 71.3 Å². The summed E-state index contributed by atoms with van der Waals surface area (Å²) < 4.78 is 63.0. The van der Waals surface area contributed by atoms with Crippen molar-refractivity contribution in [2.24, 2.45) is 11.8 Å². The predicted octanol–water partition coefficient (Wildman–Crippen LogP) is 5.26. The molecule has 2 aliphatic rings. The number of hydrogen-bond donors (Lipinski definition) is 0. The first-order chi connectivity index (χ1) is 25.9. The number of carbonyl (C=O) groups is 4.